The molecule has 0 aliphatic carbocycles. The highest BCUT2D eigenvalue weighted by atomic mass is 32.2. The Bertz CT molecular complexity index is 1530. The fraction of sp³-hybridized carbons (Fsp3) is 0.429. The fourth-order valence-electron chi connectivity index (χ4n) is 5.47. The average molecular weight is 578 g/mol. The number of nitrogens with one attached hydrogen (secondary N) is 3. The molecule has 2 unspecified atom stereocenters. The van der Waals surface area contributed by atoms with Crippen molar-refractivity contribution in [1.82, 2.24) is 5.32 Å². The quantitative estimate of drug-likeness (QED) is 0.319. The van der Waals surface area contributed by atoms with Crippen molar-refractivity contribution in [3.63, 3.8) is 0 Å². The zero-order valence-electron chi connectivity index (χ0n) is 21.6. The molecule has 2 bridgehead atoms. The summed E-state index contributed by atoms with van der Waals surface area (Å²) >= 11 is 1.28. The van der Waals surface area contributed by atoms with E-state index in [0.717, 1.165) is 29.5 Å². The second-order valence-electron chi connectivity index (χ2n) is 10.1. The molecule has 2 atom stereocenters. The molecule has 3 heterocycles. The van der Waals surface area contributed by atoms with E-state index in [1.54, 1.807) is 18.2 Å². The standard InChI is InChI=1S/C28H30F3N3O3S2/c1-37-25-15-20(39(2,35)36)10-11-23(25)32-12-4-7-26-22(16-28(29,30)31)21-5-3-6-24(27(21)38-26)34-19-13-17-8-9-18(14-19)33-17/h3,5-6,10-11,15,17-19,32-34H,8-9,12-14,16H2,1-2H3. The number of thiophene rings is 1. The Morgan fingerprint density at radius 1 is 1.13 bits per heavy atom. The minimum absolute atomic E-state index is 0.125. The van der Waals surface area contributed by atoms with E-state index in [9.17, 15) is 21.6 Å². The van der Waals surface area contributed by atoms with Crippen LogP contribution >= 0.6 is 11.3 Å². The van der Waals surface area contributed by atoms with Gasteiger partial charge < -0.3 is 20.7 Å². The Kier molecular flexibility index (Phi) is 7.73. The Hall–Kier alpha value is -2.94. The molecule has 39 heavy (non-hydrogen) atoms. The molecule has 3 N–H and O–H groups in total. The van der Waals surface area contributed by atoms with Gasteiger partial charge in [-0.25, -0.2) is 8.42 Å². The van der Waals surface area contributed by atoms with Gasteiger partial charge >= 0.3 is 6.18 Å². The van der Waals surface area contributed by atoms with Crippen LogP contribution in [0.4, 0.5) is 24.5 Å². The van der Waals surface area contributed by atoms with Crippen LogP contribution in [0, 0.1) is 11.8 Å². The molecule has 2 aliphatic rings. The Morgan fingerprint density at radius 2 is 1.87 bits per heavy atom. The zero-order valence-corrected chi connectivity index (χ0v) is 23.2. The number of fused-ring (bicyclic) bond motifs is 3. The van der Waals surface area contributed by atoms with Gasteiger partial charge in [-0.1, -0.05) is 24.0 Å². The van der Waals surface area contributed by atoms with Gasteiger partial charge in [0, 0.05) is 30.4 Å². The van der Waals surface area contributed by atoms with Crippen LogP contribution in [0.5, 0.6) is 5.75 Å². The predicted molar refractivity (Wildman–Crippen MR) is 150 cm³/mol. The molecule has 11 heteroatoms. The highest BCUT2D eigenvalue weighted by molar-refractivity contribution is 7.90. The number of piperidine rings is 1. The van der Waals surface area contributed by atoms with Gasteiger partial charge in [0.05, 0.1) is 45.9 Å². The monoisotopic (exact) mass is 577 g/mol. The van der Waals surface area contributed by atoms with E-state index in [0.29, 0.717) is 33.8 Å². The third kappa shape index (κ3) is 6.45. The topological polar surface area (TPSA) is 79.5 Å². The van der Waals surface area contributed by atoms with E-state index in [2.05, 4.69) is 27.8 Å². The number of alkyl halides is 3. The molecule has 2 fully saturated rings. The lowest BCUT2D eigenvalue weighted by Gasteiger charge is -2.30. The van der Waals surface area contributed by atoms with Crippen LogP contribution in [0.15, 0.2) is 41.3 Å². The molecule has 6 nitrogen and oxygen atoms in total. The van der Waals surface area contributed by atoms with E-state index in [4.69, 9.17) is 4.74 Å². The van der Waals surface area contributed by atoms with Crippen LogP contribution in [-0.2, 0) is 16.3 Å². The highest BCUT2D eigenvalue weighted by Crippen LogP contribution is 2.40. The average Bonchev–Trinajstić information content (AvgIpc) is 3.39. The molecular formula is C28H30F3N3O3S2. The molecule has 0 radical (unpaired) electrons. The van der Waals surface area contributed by atoms with Crippen LogP contribution in [0.1, 0.15) is 36.1 Å². The third-order valence-corrected chi connectivity index (χ3v) is 9.51. The molecule has 3 aromatic rings. The number of benzene rings is 2. The number of sulfone groups is 1. The second kappa shape index (κ2) is 10.9. The number of hydrogen-bond donors (Lipinski definition) is 3. The van der Waals surface area contributed by atoms with Gasteiger partial charge in [-0.05, 0) is 54.8 Å². The van der Waals surface area contributed by atoms with E-state index in [1.165, 1.54) is 43.4 Å². The third-order valence-electron chi connectivity index (χ3n) is 7.20. The van der Waals surface area contributed by atoms with Crippen molar-refractivity contribution in [1.29, 1.82) is 0 Å². The van der Waals surface area contributed by atoms with Gasteiger partial charge in [0.1, 0.15) is 5.75 Å². The van der Waals surface area contributed by atoms with Crippen LogP contribution in [0.2, 0.25) is 0 Å². The molecule has 1 aromatic heterocycles. The van der Waals surface area contributed by atoms with Gasteiger partial charge in [0.15, 0.2) is 9.84 Å². The first-order valence-corrected chi connectivity index (χ1v) is 15.5. The number of hydrogen-bond acceptors (Lipinski definition) is 7. The molecule has 5 rings (SSSR count). The van der Waals surface area contributed by atoms with Crippen LogP contribution in [0.3, 0.4) is 0 Å². The summed E-state index contributed by atoms with van der Waals surface area (Å²) in [6, 6.07) is 11.2. The summed E-state index contributed by atoms with van der Waals surface area (Å²) in [6.45, 7) is 0.136. The van der Waals surface area contributed by atoms with Gasteiger partial charge in [0.2, 0.25) is 0 Å². The minimum atomic E-state index is -4.37. The lowest BCUT2D eigenvalue weighted by Crippen LogP contribution is -2.43. The number of ether oxygens (including phenoxy) is 1. The SMILES string of the molecule is COc1cc(S(C)(=O)=O)ccc1NCC#Cc1sc2c(NC3CC4CCC(C3)N4)cccc2c1CC(F)(F)F. The Balaban J connectivity index is 1.39. The molecular weight excluding hydrogens is 547 g/mol. The molecule has 208 valence electrons. The van der Waals surface area contributed by atoms with Crippen LogP contribution in [0.25, 0.3) is 10.1 Å². The number of rotatable bonds is 7. The first-order chi connectivity index (χ1) is 18.5. The summed E-state index contributed by atoms with van der Waals surface area (Å²) in [5.41, 5.74) is 1.58. The highest BCUT2D eigenvalue weighted by Gasteiger charge is 2.34. The van der Waals surface area contributed by atoms with Gasteiger partial charge in [-0.2, -0.15) is 13.2 Å². The van der Waals surface area contributed by atoms with Crippen molar-refractivity contribution >= 4 is 42.6 Å². The maximum absolute atomic E-state index is 13.6. The summed E-state index contributed by atoms with van der Waals surface area (Å²) in [6.07, 6.45) is 0.0378. The first kappa shape index (κ1) is 27.6. The second-order valence-corrected chi connectivity index (χ2v) is 13.2. The lowest BCUT2D eigenvalue weighted by molar-refractivity contribution is -0.126. The van der Waals surface area contributed by atoms with E-state index >= 15 is 0 Å². The summed E-state index contributed by atoms with van der Waals surface area (Å²) in [7, 11) is -1.97. The van der Waals surface area contributed by atoms with Crippen molar-refractivity contribution in [3.05, 3.63) is 46.8 Å². The van der Waals surface area contributed by atoms with Gasteiger partial charge in [-0.15, -0.1) is 11.3 Å². The maximum atomic E-state index is 13.6. The normalized spacial score (nSPS) is 20.9. The maximum Gasteiger partial charge on any atom is 0.393 e. The van der Waals surface area contributed by atoms with E-state index < -0.39 is 22.4 Å². The molecule has 0 amide bonds. The summed E-state index contributed by atoms with van der Waals surface area (Å²) in [4.78, 5) is 0.516. The Labute approximate surface area is 230 Å². The van der Waals surface area contributed by atoms with Crippen LogP contribution < -0.4 is 20.7 Å². The van der Waals surface area contributed by atoms with E-state index in [1.807, 2.05) is 6.07 Å². The molecule has 0 spiro atoms. The fourth-order valence-corrected chi connectivity index (χ4v) is 7.28. The molecule has 2 saturated heterocycles. The molecule has 0 saturated carbocycles. The van der Waals surface area contributed by atoms with E-state index in [-0.39, 0.29) is 23.0 Å². The summed E-state index contributed by atoms with van der Waals surface area (Å²) in [5, 5.41) is 10.9. The van der Waals surface area contributed by atoms with Crippen molar-refractivity contribution in [2.24, 2.45) is 0 Å². The smallest absolute Gasteiger partial charge is 0.393 e. The summed E-state index contributed by atoms with van der Waals surface area (Å²) in [5.74, 6) is 6.22. The van der Waals surface area contributed by atoms with Crippen molar-refractivity contribution < 1.29 is 26.3 Å². The van der Waals surface area contributed by atoms with Crippen LogP contribution in [-0.4, -0.2) is 52.6 Å². The number of halogens is 3. The largest absolute Gasteiger partial charge is 0.495 e. The van der Waals surface area contributed by atoms with Gasteiger partial charge in [-0.3, -0.25) is 0 Å². The lowest BCUT2D eigenvalue weighted by atomic mass is 9.99. The first-order valence-electron chi connectivity index (χ1n) is 12.7. The molecule has 2 aliphatic heterocycles. The van der Waals surface area contributed by atoms with Crippen molar-refractivity contribution in [2.45, 2.75) is 61.3 Å². The number of anilines is 2. The zero-order chi connectivity index (χ0) is 27.8. The summed E-state index contributed by atoms with van der Waals surface area (Å²) < 4.78 is 70.4. The Morgan fingerprint density at radius 3 is 2.54 bits per heavy atom. The number of methoxy groups -OCH3 is 1. The predicted octanol–water partition coefficient (Wildman–Crippen LogP) is 5.58. The molecule has 2 aromatic carbocycles. The van der Waals surface area contributed by atoms with Gasteiger partial charge in [0.25, 0.3) is 0 Å². The minimum Gasteiger partial charge on any atom is -0.495 e. The van der Waals surface area contributed by atoms with Crippen molar-refractivity contribution in [3.8, 4) is 17.6 Å². The van der Waals surface area contributed by atoms with Crippen molar-refractivity contribution in [2.75, 3.05) is 30.5 Å².